The van der Waals surface area contributed by atoms with Gasteiger partial charge in [0.25, 0.3) is 5.91 Å². The van der Waals surface area contributed by atoms with Gasteiger partial charge in [-0.3, -0.25) is 4.79 Å². The number of nitrogens with zero attached hydrogens (tertiary/aromatic N) is 1. The van der Waals surface area contributed by atoms with Gasteiger partial charge in [-0.1, -0.05) is 48.9 Å². The Morgan fingerprint density at radius 1 is 1.29 bits per heavy atom. The molecule has 1 aliphatic rings. The lowest BCUT2D eigenvalue weighted by molar-refractivity contribution is -0.128. The van der Waals surface area contributed by atoms with E-state index in [9.17, 15) is 10.1 Å². The van der Waals surface area contributed by atoms with Crippen molar-refractivity contribution < 1.29 is 9.53 Å². The van der Waals surface area contributed by atoms with Gasteiger partial charge in [0.2, 0.25) is 0 Å². The fraction of sp³-hybridized carbons (Fsp3) is 0.556. The van der Waals surface area contributed by atoms with Crippen LogP contribution in [0.1, 0.15) is 51.0 Å². The van der Waals surface area contributed by atoms with Crippen molar-refractivity contribution in [3.8, 4) is 11.8 Å². The smallest absolute Gasteiger partial charge is 0.262 e. The number of ether oxygens (including phenoxy) is 1. The van der Waals surface area contributed by atoms with E-state index in [-0.39, 0.29) is 5.91 Å². The van der Waals surface area contributed by atoms with Crippen LogP contribution in [-0.4, -0.2) is 17.6 Å². The van der Waals surface area contributed by atoms with E-state index in [4.69, 9.17) is 27.9 Å². The first kappa shape index (κ1) is 18.9. The molecular weight excluding hydrogens is 347 g/mol. The number of hydrogen-bond acceptors (Lipinski definition) is 3. The van der Waals surface area contributed by atoms with Crippen molar-refractivity contribution >= 4 is 29.1 Å². The number of rotatable bonds is 4. The van der Waals surface area contributed by atoms with E-state index in [2.05, 4.69) is 11.4 Å². The van der Waals surface area contributed by atoms with Crippen molar-refractivity contribution in [2.24, 2.45) is 0 Å². The van der Waals surface area contributed by atoms with Crippen molar-refractivity contribution in [3.05, 3.63) is 27.7 Å². The van der Waals surface area contributed by atoms with Crippen LogP contribution in [0.5, 0.6) is 5.75 Å². The third kappa shape index (κ3) is 4.34. The number of hydrogen-bond donors (Lipinski definition) is 1. The van der Waals surface area contributed by atoms with E-state index < -0.39 is 11.6 Å². The van der Waals surface area contributed by atoms with E-state index in [0.29, 0.717) is 34.2 Å². The zero-order chi connectivity index (χ0) is 17.7. The molecule has 1 fully saturated rings. The second-order valence-corrected chi connectivity index (χ2v) is 7.13. The molecule has 24 heavy (non-hydrogen) atoms. The maximum absolute atomic E-state index is 12.5. The maximum atomic E-state index is 12.5. The number of carbonyl (C=O) groups excluding carboxylic acids is 1. The Bertz CT molecular complexity index is 647. The number of nitrogens with one attached hydrogen (secondary N) is 1. The molecule has 130 valence electrons. The van der Waals surface area contributed by atoms with Crippen LogP contribution >= 0.6 is 23.2 Å². The Morgan fingerprint density at radius 2 is 1.92 bits per heavy atom. The second-order valence-electron chi connectivity index (χ2n) is 6.34. The molecule has 1 unspecified atom stereocenters. The molecule has 1 aliphatic carbocycles. The van der Waals surface area contributed by atoms with E-state index in [1.807, 2.05) is 0 Å². The number of nitriles is 1. The van der Waals surface area contributed by atoms with Crippen LogP contribution < -0.4 is 10.1 Å². The standard InChI is InChI=1S/C18H22Cl2N2O2/c1-12-14(19)7-8-15(16(12)20)24-13(2)17(23)22-18(11-21)9-5-3-4-6-10-18/h7-8,13H,3-6,9-10H2,1-2H3,(H,22,23). The van der Waals surface area contributed by atoms with Crippen LogP contribution in [0.15, 0.2) is 12.1 Å². The average Bonchev–Trinajstić information content (AvgIpc) is 2.81. The van der Waals surface area contributed by atoms with Gasteiger partial charge in [-0.25, -0.2) is 0 Å². The van der Waals surface area contributed by atoms with Crippen molar-refractivity contribution in [1.82, 2.24) is 5.32 Å². The van der Waals surface area contributed by atoms with Gasteiger partial charge >= 0.3 is 0 Å². The molecule has 0 spiro atoms. The first-order chi connectivity index (χ1) is 11.4. The van der Waals surface area contributed by atoms with Crippen molar-refractivity contribution in [2.75, 3.05) is 0 Å². The summed E-state index contributed by atoms with van der Waals surface area (Å²) in [5.41, 5.74) is -0.0778. The largest absolute Gasteiger partial charge is 0.479 e. The van der Waals surface area contributed by atoms with Crippen LogP contribution in [0.2, 0.25) is 10.0 Å². The fourth-order valence-electron chi connectivity index (χ4n) is 2.91. The minimum atomic E-state index is -0.787. The average molecular weight is 369 g/mol. The molecule has 2 rings (SSSR count). The lowest BCUT2D eigenvalue weighted by Gasteiger charge is -2.28. The molecular formula is C18H22Cl2N2O2. The second kappa shape index (κ2) is 8.09. The minimum Gasteiger partial charge on any atom is -0.479 e. The monoisotopic (exact) mass is 368 g/mol. The first-order valence-electron chi connectivity index (χ1n) is 8.23. The van der Waals surface area contributed by atoms with Gasteiger partial charge in [-0.05, 0) is 44.4 Å². The molecule has 0 bridgehead atoms. The quantitative estimate of drug-likeness (QED) is 0.776. The molecule has 0 saturated heterocycles. The van der Waals surface area contributed by atoms with Crippen molar-refractivity contribution in [3.63, 3.8) is 0 Å². The summed E-state index contributed by atoms with van der Waals surface area (Å²) in [6.45, 7) is 3.44. The zero-order valence-corrected chi connectivity index (χ0v) is 15.5. The van der Waals surface area contributed by atoms with Gasteiger partial charge < -0.3 is 10.1 Å². The zero-order valence-electron chi connectivity index (χ0n) is 14.0. The van der Waals surface area contributed by atoms with E-state index >= 15 is 0 Å². The van der Waals surface area contributed by atoms with Crippen LogP contribution in [0.4, 0.5) is 0 Å². The molecule has 0 aromatic heterocycles. The molecule has 0 heterocycles. The molecule has 1 atom stereocenters. The molecule has 6 heteroatoms. The van der Waals surface area contributed by atoms with Gasteiger partial charge in [0.05, 0.1) is 11.1 Å². The molecule has 1 aromatic carbocycles. The summed E-state index contributed by atoms with van der Waals surface area (Å²) >= 11 is 12.2. The summed E-state index contributed by atoms with van der Waals surface area (Å²) in [6.07, 6.45) is 4.72. The van der Waals surface area contributed by atoms with Gasteiger partial charge in [0, 0.05) is 5.02 Å². The molecule has 1 amide bonds. The Morgan fingerprint density at radius 3 is 2.50 bits per heavy atom. The van der Waals surface area contributed by atoms with E-state index in [1.165, 1.54) is 0 Å². The summed E-state index contributed by atoms with van der Waals surface area (Å²) in [5, 5.41) is 13.4. The number of carbonyl (C=O) groups is 1. The van der Waals surface area contributed by atoms with E-state index in [1.54, 1.807) is 26.0 Å². The van der Waals surface area contributed by atoms with Gasteiger partial charge in [-0.2, -0.15) is 5.26 Å². The van der Waals surface area contributed by atoms with E-state index in [0.717, 1.165) is 25.7 Å². The maximum Gasteiger partial charge on any atom is 0.262 e. The predicted octanol–water partition coefficient (Wildman–Crippen LogP) is 4.80. The molecule has 0 aliphatic heterocycles. The van der Waals surface area contributed by atoms with Crippen molar-refractivity contribution in [1.29, 1.82) is 5.26 Å². The SMILES string of the molecule is Cc1c(Cl)ccc(OC(C)C(=O)NC2(C#N)CCCCCC2)c1Cl. The highest BCUT2D eigenvalue weighted by atomic mass is 35.5. The Balaban J connectivity index is 2.07. The third-order valence-electron chi connectivity index (χ3n) is 4.49. The molecule has 1 saturated carbocycles. The van der Waals surface area contributed by atoms with Crippen molar-refractivity contribution in [2.45, 2.75) is 64.0 Å². The highest BCUT2D eigenvalue weighted by molar-refractivity contribution is 6.36. The molecule has 0 radical (unpaired) electrons. The van der Waals surface area contributed by atoms with Gasteiger partial charge in [0.1, 0.15) is 11.3 Å². The minimum absolute atomic E-state index is 0.304. The summed E-state index contributed by atoms with van der Waals surface area (Å²) in [7, 11) is 0. The summed E-state index contributed by atoms with van der Waals surface area (Å²) in [6, 6.07) is 5.64. The number of benzene rings is 1. The highest BCUT2D eigenvalue weighted by Gasteiger charge is 2.34. The fourth-order valence-corrected chi connectivity index (χ4v) is 3.32. The van der Waals surface area contributed by atoms with Gasteiger partial charge in [0.15, 0.2) is 6.10 Å². The summed E-state index contributed by atoms with van der Waals surface area (Å²) < 4.78 is 5.69. The lowest BCUT2D eigenvalue weighted by atomic mass is 9.91. The van der Waals surface area contributed by atoms with Gasteiger partial charge in [-0.15, -0.1) is 0 Å². The summed E-state index contributed by atoms with van der Waals surface area (Å²) in [5.74, 6) is 0.107. The molecule has 1 aromatic rings. The van der Waals surface area contributed by atoms with Crippen LogP contribution in [0, 0.1) is 18.3 Å². The van der Waals surface area contributed by atoms with Crippen LogP contribution in [0.3, 0.4) is 0 Å². The highest BCUT2D eigenvalue weighted by Crippen LogP contribution is 2.33. The first-order valence-corrected chi connectivity index (χ1v) is 8.99. The van der Waals surface area contributed by atoms with Crippen LogP contribution in [-0.2, 0) is 4.79 Å². The Hall–Kier alpha value is -1.44. The molecule has 1 N–H and O–H groups in total. The lowest BCUT2D eigenvalue weighted by Crippen LogP contribution is -2.51. The third-order valence-corrected chi connectivity index (χ3v) is 5.37. The Kier molecular flexibility index (Phi) is 6.37. The topological polar surface area (TPSA) is 62.1 Å². The van der Waals surface area contributed by atoms with Crippen LogP contribution in [0.25, 0.3) is 0 Å². The number of halogens is 2. The Labute approximate surface area is 153 Å². The molecule has 4 nitrogen and oxygen atoms in total. The predicted molar refractivity (Wildman–Crippen MR) is 95.5 cm³/mol. The number of amides is 1. The normalized spacial score (nSPS) is 18.1. The summed E-state index contributed by atoms with van der Waals surface area (Å²) in [4.78, 5) is 12.5.